The Hall–Kier alpha value is -3.48. The Morgan fingerprint density at radius 1 is 0.857 bits per heavy atom. The fraction of sp³-hybridized carbons (Fsp3) is 0.190. The quantitative estimate of drug-likeness (QED) is 0.762. The maximum Gasteiger partial charge on any atom is 0.272 e. The number of aromatic nitrogens is 2. The molecule has 2 heterocycles. The van der Waals surface area contributed by atoms with Crippen LogP contribution in [-0.2, 0) is 0 Å². The lowest BCUT2D eigenvalue weighted by molar-refractivity contribution is 0.0532. The smallest absolute Gasteiger partial charge is 0.272 e. The van der Waals surface area contributed by atoms with Crippen LogP contribution in [0.1, 0.15) is 20.8 Å². The number of piperazine rings is 1. The van der Waals surface area contributed by atoms with Crippen LogP contribution in [0, 0.1) is 5.82 Å². The Morgan fingerprint density at radius 2 is 1.54 bits per heavy atom. The molecule has 2 aromatic carbocycles. The number of carbonyl (C=O) groups is 2. The Labute approximate surface area is 161 Å². The average Bonchev–Trinajstić information content (AvgIpc) is 3.24. The first-order valence-electron chi connectivity index (χ1n) is 9.07. The third kappa shape index (κ3) is 3.64. The van der Waals surface area contributed by atoms with Crippen LogP contribution in [0.2, 0.25) is 0 Å². The monoisotopic (exact) mass is 378 g/mol. The third-order valence-corrected chi connectivity index (χ3v) is 4.80. The fourth-order valence-corrected chi connectivity index (χ4v) is 3.28. The van der Waals surface area contributed by atoms with Gasteiger partial charge in [0.2, 0.25) is 0 Å². The van der Waals surface area contributed by atoms with Crippen molar-refractivity contribution in [2.75, 3.05) is 26.2 Å². The minimum Gasteiger partial charge on any atom is -0.335 e. The van der Waals surface area contributed by atoms with Crippen LogP contribution in [0.4, 0.5) is 4.39 Å². The van der Waals surface area contributed by atoms with Crippen LogP contribution in [0.15, 0.2) is 60.7 Å². The fourth-order valence-electron chi connectivity index (χ4n) is 3.28. The molecule has 1 aromatic heterocycles. The molecule has 1 aliphatic rings. The molecule has 142 valence electrons. The molecule has 0 aliphatic carbocycles. The van der Waals surface area contributed by atoms with Crippen molar-refractivity contribution in [1.82, 2.24) is 20.0 Å². The number of nitrogens with one attached hydrogen (secondary N) is 1. The molecule has 4 rings (SSSR count). The van der Waals surface area contributed by atoms with Gasteiger partial charge in [0.25, 0.3) is 11.8 Å². The first-order chi connectivity index (χ1) is 13.6. The van der Waals surface area contributed by atoms with Gasteiger partial charge in [0.05, 0.1) is 5.69 Å². The first-order valence-corrected chi connectivity index (χ1v) is 9.07. The Balaban J connectivity index is 1.39. The zero-order valence-electron chi connectivity index (χ0n) is 15.1. The van der Waals surface area contributed by atoms with Crippen LogP contribution in [-0.4, -0.2) is 58.0 Å². The second kappa shape index (κ2) is 7.64. The summed E-state index contributed by atoms with van der Waals surface area (Å²) in [7, 11) is 0. The molecule has 0 saturated carbocycles. The summed E-state index contributed by atoms with van der Waals surface area (Å²) in [6.45, 7) is 1.64. The number of aromatic amines is 1. The summed E-state index contributed by atoms with van der Waals surface area (Å²) >= 11 is 0. The molecule has 0 bridgehead atoms. The van der Waals surface area contributed by atoms with Gasteiger partial charge in [-0.1, -0.05) is 36.4 Å². The molecule has 0 atom stereocenters. The Kier molecular flexibility index (Phi) is 4.89. The number of hydrogen-bond acceptors (Lipinski definition) is 3. The summed E-state index contributed by atoms with van der Waals surface area (Å²) in [5.74, 6) is -0.805. The van der Waals surface area contributed by atoms with E-state index in [1.807, 2.05) is 30.3 Å². The lowest BCUT2D eigenvalue weighted by Crippen LogP contribution is -2.50. The minimum absolute atomic E-state index is 0.146. The van der Waals surface area contributed by atoms with Gasteiger partial charge in [0.15, 0.2) is 0 Å². The molecular formula is C21H19FN4O2. The number of benzene rings is 2. The number of nitrogens with zero attached hydrogens (tertiary/aromatic N) is 3. The van der Waals surface area contributed by atoms with Gasteiger partial charge in [-0.05, 0) is 24.3 Å². The topological polar surface area (TPSA) is 69.3 Å². The van der Waals surface area contributed by atoms with Crippen LogP contribution in [0.25, 0.3) is 11.3 Å². The van der Waals surface area contributed by atoms with Crippen molar-refractivity contribution in [3.8, 4) is 11.3 Å². The Bertz CT molecular complexity index is 994. The SMILES string of the molecule is O=C(c1cccc(F)c1)N1CCN(C(=O)c2cc(-c3ccccc3)n[nH]2)CC1. The minimum atomic E-state index is -0.437. The molecule has 6 nitrogen and oxygen atoms in total. The van der Waals surface area contributed by atoms with Gasteiger partial charge < -0.3 is 9.80 Å². The van der Waals surface area contributed by atoms with E-state index in [2.05, 4.69) is 10.2 Å². The van der Waals surface area contributed by atoms with E-state index < -0.39 is 5.82 Å². The Morgan fingerprint density at radius 3 is 2.21 bits per heavy atom. The molecule has 3 aromatic rings. The van der Waals surface area contributed by atoms with Gasteiger partial charge in [-0.15, -0.1) is 0 Å². The van der Waals surface area contributed by atoms with E-state index in [0.29, 0.717) is 43.1 Å². The second-order valence-electron chi connectivity index (χ2n) is 6.63. The average molecular weight is 378 g/mol. The highest BCUT2D eigenvalue weighted by Gasteiger charge is 2.26. The lowest BCUT2D eigenvalue weighted by atomic mass is 10.1. The standard InChI is InChI=1S/C21H19FN4O2/c22-17-8-4-7-16(13-17)20(27)25-9-11-26(12-10-25)21(28)19-14-18(23-24-19)15-5-2-1-3-6-15/h1-8,13-14H,9-12H2,(H,23,24). The van der Waals surface area contributed by atoms with Gasteiger partial charge in [-0.2, -0.15) is 5.10 Å². The van der Waals surface area contributed by atoms with Crippen molar-refractivity contribution in [2.45, 2.75) is 0 Å². The van der Waals surface area contributed by atoms with Crippen molar-refractivity contribution in [3.63, 3.8) is 0 Å². The molecule has 0 spiro atoms. The lowest BCUT2D eigenvalue weighted by Gasteiger charge is -2.34. The maximum absolute atomic E-state index is 13.3. The first kappa shape index (κ1) is 17.9. The number of H-pyrrole nitrogens is 1. The van der Waals surface area contributed by atoms with E-state index in [-0.39, 0.29) is 11.8 Å². The zero-order chi connectivity index (χ0) is 19.5. The van der Waals surface area contributed by atoms with E-state index in [1.165, 1.54) is 18.2 Å². The van der Waals surface area contributed by atoms with Crippen LogP contribution in [0.5, 0.6) is 0 Å². The highest BCUT2D eigenvalue weighted by Crippen LogP contribution is 2.18. The molecule has 1 N–H and O–H groups in total. The van der Waals surface area contributed by atoms with Crippen molar-refractivity contribution >= 4 is 11.8 Å². The van der Waals surface area contributed by atoms with Gasteiger partial charge in [0.1, 0.15) is 11.5 Å². The molecular weight excluding hydrogens is 359 g/mol. The van der Waals surface area contributed by atoms with E-state index >= 15 is 0 Å². The highest BCUT2D eigenvalue weighted by atomic mass is 19.1. The predicted octanol–water partition coefficient (Wildman–Crippen LogP) is 2.81. The summed E-state index contributed by atoms with van der Waals surface area (Å²) in [6, 6.07) is 17.0. The van der Waals surface area contributed by atoms with Crippen molar-refractivity contribution < 1.29 is 14.0 Å². The van der Waals surface area contributed by atoms with Gasteiger partial charge in [-0.25, -0.2) is 4.39 Å². The summed E-state index contributed by atoms with van der Waals surface area (Å²) in [4.78, 5) is 28.6. The summed E-state index contributed by atoms with van der Waals surface area (Å²) in [6.07, 6.45) is 0. The van der Waals surface area contributed by atoms with E-state index in [0.717, 1.165) is 5.56 Å². The van der Waals surface area contributed by atoms with Crippen LogP contribution in [0.3, 0.4) is 0 Å². The maximum atomic E-state index is 13.3. The highest BCUT2D eigenvalue weighted by molar-refractivity contribution is 5.95. The molecule has 2 amide bonds. The molecule has 1 fully saturated rings. The van der Waals surface area contributed by atoms with Crippen LogP contribution < -0.4 is 0 Å². The van der Waals surface area contributed by atoms with Crippen molar-refractivity contribution in [2.24, 2.45) is 0 Å². The number of halogens is 1. The molecule has 1 aliphatic heterocycles. The van der Waals surface area contributed by atoms with Gasteiger partial charge in [-0.3, -0.25) is 14.7 Å². The zero-order valence-corrected chi connectivity index (χ0v) is 15.1. The predicted molar refractivity (Wildman–Crippen MR) is 102 cm³/mol. The van der Waals surface area contributed by atoms with Crippen LogP contribution >= 0.6 is 0 Å². The molecule has 0 radical (unpaired) electrons. The molecule has 0 unspecified atom stereocenters. The molecule has 1 saturated heterocycles. The molecule has 28 heavy (non-hydrogen) atoms. The molecule has 7 heteroatoms. The van der Waals surface area contributed by atoms with Gasteiger partial charge in [0, 0.05) is 37.3 Å². The van der Waals surface area contributed by atoms with Crippen molar-refractivity contribution in [1.29, 1.82) is 0 Å². The largest absolute Gasteiger partial charge is 0.335 e. The van der Waals surface area contributed by atoms with E-state index in [4.69, 9.17) is 0 Å². The second-order valence-corrected chi connectivity index (χ2v) is 6.63. The van der Waals surface area contributed by atoms with Gasteiger partial charge >= 0.3 is 0 Å². The normalized spacial score (nSPS) is 14.2. The number of hydrogen-bond donors (Lipinski definition) is 1. The summed E-state index contributed by atoms with van der Waals surface area (Å²) in [5.41, 5.74) is 2.39. The van der Waals surface area contributed by atoms with E-state index in [9.17, 15) is 14.0 Å². The van der Waals surface area contributed by atoms with Crippen molar-refractivity contribution in [3.05, 3.63) is 77.7 Å². The van der Waals surface area contributed by atoms with E-state index in [1.54, 1.807) is 21.9 Å². The third-order valence-electron chi connectivity index (χ3n) is 4.80. The number of rotatable bonds is 3. The summed E-state index contributed by atoms with van der Waals surface area (Å²) in [5, 5.41) is 7.02. The number of amides is 2. The number of carbonyl (C=O) groups excluding carboxylic acids is 2. The summed E-state index contributed by atoms with van der Waals surface area (Å²) < 4.78 is 13.3.